The monoisotopic (exact) mass is 1620 g/mol. The summed E-state index contributed by atoms with van der Waals surface area (Å²) in [4.78, 5) is 107. The van der Waals surface area contributed by atoms with Crippen LogP contribution in [0.25, 0.3) is 5.69 Å². The molecule has 3 fully saturated rings. The van der Waals surface area contributed by atoms with Crippen molar-refractivity contribution in [3.63, 3.8) is 0 Å². The quantitative estimate of drug-likeness (QED) is 0.0417. The molecule has 0 aliphatic carbocycles. The molecule has 21 nitrogen and oxygen atoms in total. The maximum Gasteiger partial charge on any atom is 0.261 e. The number of aliphatic hydroxyl groups is 4. The van der Waals surface area contributed by atoms with Gasteiger partial charge in [0.2, 0.25) is 0 Å². The summed E-state index contributed by atoms with van der Waals surface area (Å²) in [6.45, 7) is 5.62. The van der Waals surface area contributed by atoms with Crippen LogP contribution in [0, 0.1) is 5.82 Å². The van der Waals surface area contributed by atoms with Crippen molar-refractivity contribution in [1.82, 2.24) is 9.78 Å². The Morgan fingerprint density at radius 2 is 0.648 bits per heavy atom. The van der Waals surface area contributed by atoms with Gasteiger partial charge in [-0.15, -0.1) is 0 Å². The number of carbonyl (C=O) groups is 8. The van der Waals surface area contributed by atoms with Crippen molar-refractivity contribution in [3.05, 3.63) is 248 Å². The first-order chi connectivity index (χ1) is 51.5. The van der Waals surface area contributed by atoms with E-state index >= 15 is 0 Å². The lowest BCUT2D eigenvalue weighted by atomic mass is 9.88. The number of nitrogens with zero attached hydrogens (tertiary/aromatic N) is 5. The van der Waals surface area contributed by atoms with Crippen molar-refractivity contribution >= 4 is 179 Å². The van der Waals surface area contributed by atoms with Crippen molar-refractivity contribution in [3.8, 4) is 5.69 Å². The third-order valence-corrected chi connectivity index (χ3v) is 22.5. The number of carbonyl (C=O) groups excluding carboxylic acids is 8. The van der Waals surface area contributed by atoms with E-state index in [2.05, 4.69) is 36.2 Å². The van der Waals surface area contributed by atoms with Gasteiger partial charge in [-0.1, -0.05) is 92.8 Å². The highest BCUT2D eigenvalue weighted by molar-refractivity contribution is 6.41. The average molecular weight is 1620 g/mol. The van der Waals surface area contributed by atoms with Crippen molar-refractivity contribution in [2.75, 3.05) is 75.2 Å². The summed E-state index contributed by atoms with van der Waals surface area (Å²) in [5.41, 5.74) is -2.21. The molecule has 9 aromatic rings. The molecule has 30 heteroatoms. The van der Waals surface area contributed by atoms with E-state index in [4.69, 9.17) is 92.8 Å². The van der Waals surface area contributed by atoms with E-state index in [0.717, 1.165) is 75.2 Å². The van der Waals surface area contributed by atoms with E-state index in [1.165, 1.54) is 73.9 Å². The normalized spacial score (nSPS) is 20.4. The number of amides is 4. The first-order valence-electron chi connectivity index (χ1n) is 34.1. The van der Waals surface area contributed by atoms with Crippen LogP contribution >= 0.6 is 92.8 Å². The molecule has 4 unspecified atom stereocenters. The maximum absolute atomic E-state index is 14.5. The Morgan fingerprint density at radius 3 is 0.935 bits per heavy atom. The van der Waals surface area contributed by atoms with Crippen LogP contribution in [-0.4, -0.2) is 116 Å². The molecule has 4 atom stereocenters. The highest BCUT2D eigenvalue weighted by Crippen LogP contribution is 2.51. The number of nitrogens with one attached hydrogen (secondary N) is 4. The number of rotatable bonds is 16. The molecule has 0 spiro atoms. The SMILES string of the molecule is O=C(CC1(O)C(=O)Nc2c(Cl)ccc(Cl)c21)c1ccc(-n2cccn2)cc1.O=C(CC1(O)C(=O)Nc2c(Cl)ccc(Cl)c21)c1ccc(N2CCC2)cc1.O=C(CC1(O)C(=O)Nc2c(Cl)ccc(Cl)c21)c1ccc(N2CCCC2)c(F)c1.O=C(CC1(O)C(=O)Nc2c(Cl)ccc(Cl)c21)c1ccc(N2CCCC2)cc1. The van der Waals surface area contributed by atoms with Gasteiger partial charge in [0.25, 0.3) is 23.6 Å². The van der Waals surface area contributed by atoms with Gasteiger partial charge in [-0.05, 0) is 178 Å². The van der Waals surface area contributed by atoms with Crippen molar-refractivity contribution in [1.29, 1.82) is 0 Å². The Kier molecular flexibility index (Phi) is 22.3. The second kappa shape index (κ2) is 31.2. The second-order valence-corrected chi connectivity index (χ2v) is 30.0. The smallest absolute Gasteiger partial charge is 0.261 e. The topological polar surface area (TPSA) is 293 Å². The lowest BCUT2D eigenvalue weighted by molar-refractivity contribution is -0.133. The van der Waals surface area contributed by atoms with Crippen LogP contribution < -0.4 is 36.0 Å². The molecular weight excluding hydrogens is 1560 g/mol. The van der Waals surface area contributed by atoms with Crippen LogP contribution in [0.5, 0.6) is 0 Å². The molecule has 0 radical (unpaired) electrons. The lowest BCUT2D eigenvalue weighted by Gasteiger charge is -2.33. The number of benzene rings is 8. The van der Waals surface area contributed by atoms with Gasteiger partial charge in [0.1, 0.15) is 5.82 Å². The summed E-state index contributed by atoms with van der Waals surface area (Å²) in [6.07, 6.45) is 7.12. The predicted molar refractivity (Wildman–Crippen MR) is 414 cm³/mol. The molecule has 108 heavy (non-hydrogen) atoms. The number of hydrogen-bond donors (Lipinski definition) is 8. The number of hydrogen-bond acceptors (Lipinski definition) is 16. The Labute approximate surface area is 657 Å². The third-order valence-electron chi connectivity index (χ3n) is 19.9. The molecule has 4 amide bonds. The molecule has 8 aromatic carbocycles. The average Bonchev–Trinajstić information content (AvgIpc) is 1.61. The first kappa shape index (κ1) is 77.2. The number of anilines is 7. The number of halogens is 9. The fourth-order valence-electron chi connectivity index (χ4n) is 14.0. The number of aromatic nitrogens is 2. The molecular formula is C78H64Cl8FN9O12. The molecule has 0 saturated carbocycles. The Morgan fingerprint density at radius 1 is 0.370 bits per heavy atom. The number of ketones is 4. The van der Waals surface area contributed by atoms with Gasteiger partial charge in [-0.25, -0.2) is 9.07 Å². The Bertz CT molecular complexity index is 5140. The van der Waals surface area contributed by atoms with E-state index in [1.807, 2.05) is 29.2 Å². The van der Waals surface area contributed by atoms with Crippen molar-refractivity contribution < 1.29 is 63.2 Å². The molecule has 1 aromatic heterocycles. The molecule has 0 bridgehead atoms. The summed E-state index contributed by atoms with van der Waals surface area (Å²) in [5.74, 6) is -5.09. The van der Waals surface area contributed by atoms with E-state index in [9.17, 15) is 63.2 Å². The van der Waals surface area contributed by atoms with Gasteiger partial charge < -0.3 is 56.4 Å². The van der Waals surface area contributed by atoms with E-state index in [0.29, 0.717) is 22.4 Å². The van der Waals surface area contributed by atoms with Gasteiger partial charge in [-0.3, -0.25) is 38.4 Å². The summed E-state index contributed by atoms with van der Waals surface area (Å²) in [5, 5.41) is 59.7. The van der Waals surface area contributed by atoms with E-state index < -0.39 is 89.1 Å². The summed E-state index contributed by atoms with van der Waals surface area (Å²) >= 11 is 49.0. The second-order valence-electron chi connectivity index (χ2n) is 26.8. The van der Waals surface area contributed by atoms with Crippen molar-refractivity contribution in [2.45, 2.75) is 80.2 Å². The third kappa shape index (κ3) is 14.9. The summed E-state index contributed by atoms with van der Waals surface area (Å²) in [7, 11) is 0. The van der Waals surface area contributed by atoms with Crippen molar-refractivity contribution in [2.24, 2.45) is 0 Å². The summed E-state index contributed by atoms with van der Waals surface area (Å²) in [6, 6.07) is 39.2. The number of fused-ring (bicyclic) bond motifs is 4. The zero-order chi connectivity index (χ0) is 76.9. The molecule has 8 heterocycles. The van der Waals surface area contributed by atoms with Crippen LogP contribution in [-0.2, 0) is 41.6 Å². The van der Waals surface area contributed by atoms with Crippen LogP contribution in [0.2, 0.25) is 40.2 Å². The fraction of sp³-hybridized carbons (Fsp3) is 0.244. The lowest BCUT2D eigenvalue weighted by Crippen LogP contribution is -2.37. The van der Waals surface area contributed by atoms with Gasteiger partial charge in [0, 0.05) is 128 Å². The molecule has 7 aliphatic rings. The molecule has 7 aliphatic heterocycles. The van der Waals surface area contributed by atoms with E-state index in [-0.39, 0.29) is 102 Å². The highest BCUT2D eigenvalue weighted by Gasteiger charge is 2.53. The first-order valence-corrected chi connectivity index (χ1v) is 37.1. The molecule has 556 valence electrons. The minimum atomic E-state index is -2.17. The van der Waals surface area contributed by atoms with Gasteiger partial charge in [0.05, 0.1) is 79.9 Å². The van der Waals surface area contributed by atoms with Crippen LogP contribution in [0.1, 0.15) is 121 Å². The zero-order valence-electron chi connectivity index (χ0n) is 56.8. The standard InChI is InChI=1S/C20H17Cl2FN2O3.C20H18Cl2N2O3.C19H13Cl2N3O3.C19H16Cl2N2O3/c21-12-4-5-13(22)18-17(12)20(28,19(27)24-18)10-16(26)11-3-6-15(14(23)9-11)25-7-1-2-8-25;21-14-7-8-15(22)18-17(14)20(27,19(26)23-18)11-16(25)12-3-5-13(6-4-12)24-9-1-2-10-24;20-13-6-7-14(21)17-16(13)19(27,18(26)23-17)10-15(25)11-2-4-12(5-3-11)24-9-1-8-22-24;20-13-6-7-14(21)17-16(13)19(26,18(25)22-17)10-15(24)11-2-4-12(5-3-11)23-8-1-9-23/h3-6,9,28H,1-2,7-8,10H2,(H,24,27);3-8,27H,1-2,9-11H2,(H,23,26);1-9,27H,10H2,(H,23,26);2-7,26H,1,8-10H2,(H,22,25). The van der Waals surface area contributed by atoms with E-state index in [1.54, 1.807) is 77.7 Å². The highest BCUT2D eigenvalue weighted by atomic mass is 35.5. The molecule has 3 saturated heterocycles. The Balaban J connectivity index is 0.000000127. The van der Waals surface area contributed by atoms with Crippen LogP contribution in [0.4, 0.5) is 44.2 Å². The van der Waals surface area contributed by atoms with Gasteiger partial charge in [0.15, 0.2) is 45.5 Å². The minimum absolute atomic E-state index is 0.0641. The predicted octanol–water partition coefficient (Wildman–Crippen LogP) is 15.4. The van der Waals surface area contributed by atoms with Crippen LogP contribution in [0.15, 0.2) is 158 Å². The van der Waals surface area contributed by atoms with Gasteiger partial charge in [-0.2, -0.15) is 5.10 Å². The molecule has 8 N–H and O–H groups in total. The number of Topliss-reactive ketones (excluding diaryl/α,β-unsaturated/α-hetero) is 4. The fourth-order valence-corrected chi connectivity index (χ4v) is 16.1. The van der Waals surface area contributed by atoms with Gasteiger partial charge >= 0.3 is 0 Å². The molecule has 16 rings (SSSR count). The summed E-state index contributed by atoms with van der Waals surface area (Å²) < 4.78 is 16.2. The largest absolute Gasteiger partial charge is 0.375 e. The maximum atomic E-state index is 14.5. The Hall–Kier alpha value is -8.98. The minimum Gasteiger partial charge on any atom is -0.375 e. The van der Waals surface area contributed by atoms with Crippen LogP contribution in [0.3, 0.4) is 0 Å². The zero-order valence-corrected chi connectivity index (χ0v) is 62.9.